The van der Waals surface area contributed by atoms with Gasteiger partial charge < -0.3 is 13.9 Å². The van der Waals surface area contributed by atoms with Crippen LogP contribution >= 0.6 is 0 Å². The molecule has 0 fully saturated rings. The second kappa shape index (κ2) is 7.69. The Labute approximate surface area is 133 Å². The van der Waals surface area contributed by atoms with Crippen molar-refractivity contribution in [2.45, 2.75) is 45.8 Å². The van der Waals surface area contributed by atoms with Crippen LogP contribution < -0.4 is 4.74 Å². The van der Waals surface area contributed by atoms with Crippen molar-refractivity contribution in [1.29, 1.82) is 0 Å². The minimum absolute atomic E-state index is 0.143. The third-order valence-corrected chi connectivity index (χ3v) is 8.24. The first-order chi connectivity index (χ1) is 10.2. The van der Waals surface area contributed by atoms with Gasteiger partial charge in [-0.3, -0.25) is 4.98 Å². The topological polar surface area (TPSA) is 70.5 Å². The van der Waals surface area contributed by atoms with E-state index in [1.807, 2.05) is 0 Å². The number of rotatable bonds is 7. The van der Waals surface area contributed by atoms with E-state index in [9.17, 15) is 4.79 Å². The van der Waals surface area contributed by atoms with Crippen LogP contribution in [-0.4, -0.2) is 44.1 Å². The Bertz CT molecular complexity index is 501. The summed E-state index contributed by atoms with van der Waals surface area (Å²) in [6.45, 7) is 13.8. The molecule has 7 heteroatoms. The van der Waals surface area contributed by atoms with Crippen molar-refractivity contribution in [3.05, 3.63) is 18.1 Å². The lowest BCUT2D eigenvalue weighted by Gasteiger charge is -2.36. The highest BCUT2D eigenvalue weighted by Gasteiger charge is 2.36. The average molecular weight is 326 g/mol. The number of hydrogen-bond acceptors (Lipinski definition) is 6. The molecule has 0 aromatic carbocycles. The SMILES string of the molecule is CCOC(=O)c1cncc(OCCO[Si](C)(C)C(C)(C)C)n1. The fourth-order valence-corrected chi connectivity index (χ4v) is 2.41. The molecule has 0 aliphatic rings. The molecular weight excluding hydrogens is 300 g/mol. The van der Waals surface area contributed by atoms with Crippen LogP contribution in [0, 0.1) is 0 Å². The van der Waals surface area contributed by atoms with Crippen molar-refractivity contribution in [3.8, 4) is 5.88 Å². The fourth-order valence-electron chi connectivity index (χ4n) is 1.38. The van der Waals surface area contributed by atoms with Gasteiger partial charge in [0.2, 0.25) is 5.88 Å². The molecule has 6 nitrogen and oxygen atoms in total. The summed E-state index contributed by atoms with van der Waals surface area (Å²) in [6.07, 6.45) is 2.83. The highest BCUT2D eigenvalue weighted by Crippen LogP contribution is 2.36. The zero-order chi connectivity index (χ0) is 16.8. The van der Waals surface area contributed by atoms with Gasteiger partial charge in [0.25, 0.3) is 0 Å². The van der Waals surface area contributed by atoms with Gasteiger partial charge in [0, 0.05) is 0 Å². The van der Waals surface area contributed by atoms with E-state index in [1.54, 1.807) is 6.92 Å². The Hall–Kier alpha value is -1.47. The maximum Gasteiger partial charge on any atom is 0.358 e. The van der Waals surface area contributed by atoms with E-state index in [4.69, 9.17) is 13.9 Å². The van der Waals surface area contributed by atoms with E-state index in [2.05, 4.69) is 43.8 Å². The van der Waals surface area contributed by atoms with E-state index in [1.165, 1.54) is 12.4 Å². The first-order valence-electron chi connectivity index (χ1n) is 7.43. The molecule has 124 valence electrons. The summed E-state index contributed by atoms with van der Waals surface area (Å²) >= 11 is 0. The van der Waals surface area contributed by atoms with Gasteiger partial charge in [-0.1, -0.05) is 20.8 Å². The fraction of sp³-hybridized carbons (Fsp3) is 0.667. The maximum atomic E-state index is 11.6. The number of hydrogen-bond donors (Lipinski definition) is 0. The number of carbonyl (C=O) groups is 1. The van der Waals surface area contributed by atoms with Gasteiger partial charge in [-0.15, -0.1) is 0 Å². The number of carbonyl (C=O) groups excluding carboxylic acids is 1. The lowest BCUT2D eigenvalue weighted by molar-refractivity contribution is 0.0517. The van der Waals surface area contributed by atoms with Gasteiger partial charge in [0.1, 0.15) is 6.61 Å². The van der Waals surface area contributed by atoms with Crippen molar-refractivity contribution < 1.29 is 18.7 Å². The number of ether oxygens (including phenoxy) is 2. The monoisotopic (exact) mass is 326 g/mol. The van der Waals surface area contributed by atoms with Crippen LogP contribution in [-0.2, 0) is 9.16 Å². The molecule has 0 N–H and O–H groups in total. The molecular formula is C15H26N2O4Si. The van der Waals surface area contributed by atoms with Gasteiger partial charge in [-0.25, -0.2) is 9.78 Å². The quantitative estimate of drug-likeness (QED) is 0.436. The van der Waals surface area contributed by atoms with Gasteiger partial charge in [0.15, 0.2) is 14.0 Å². The van der Waals surface area contributed by atoms with Crippen LogP contribution in [0.3, 0.4) is 0 Å². The van der Waals surface area contributed by atoms with Crippen LogP contribution in [0.2, 0.25) is 18.1 Å². The van der Waals surface area contributed by atoms with E-state index in [-0.39, 0.29) is 10.7 Å². The van der Waals surface area contributed by atoms with Crippen LogP contribution in [0.25, 0.3) is 0 Å². The Morgan fingerprint density at radius 1 is 1.23 bits per heavy atom. The summed E-state index contributed by atoms with van der Waals surface area (Å²) in [5, 5.41) is 0.163. The number of esters is 1. The smallest absolute Gasteiger partial charge is 0.358 e. The largest absolute Gasteiger partial charge is 0.474 e. The Balaban J connectivity index is 2.49. The summed E-state index contributed by atoms with van der Waals surface area (Å²) in [4.78, 5) is 19.6. The third-order valence-electron chi connectivity index (χ3n) is 3.70. The van der Waals surface area contributed by atoms with Gasteiger partial charge in [-0.2, -0.15) is 0 Å². The predicted molar refractivity (Wildman–Crippen MR) is 86.6 cm³/mol. The van der Waals surface area contributed by atoms with Crippen molar-refractivity contribution in [2.75, 3.05) is 19.8 Å². The predicted octanol–water partition coefficient (Wildman–Crippen LogP) is 3.05. The molecule has 0 spiro atoms. The normalized spacial score (nSPS) is 12.1. The summed E-state index contributed by atoms with van der Waals surface area (Å²) in [6, 6.07) is 0. The van der Waals surface area contributed by atoms with E-state index < -0.39 is 14.3 Å². The number of nitrogens with zero attached hydrogens (tertiary/aromatic N) is 2. The maximum absolute atomic E-state index is 11.6. The number of aromatic nitrogens is 2. The van der Waals surface area contributed by atoms with Gasteiger partial charge >= 0.3 is 5.97 Å². The van der Waals surface area contributed by atoms with Crippen LogP contribution in [0.1, 0.15) is 38.2 Å². The van der Waals surface area contributed by atoms with Gasteiger partial charge in [-0.05, 0) is 25.1 Å². The highest BCUT2D eigenvalue weighted by atomic mass is 28.4. The zero-order valence-electron chi connectivity index (χ0n) is 14.3. The summed E-state index contributed by atoms with van der Waals surface area (Å²) in [5.74, 6) is -0.206. The Kier molecular flexibility index (Phi) is 6.49. The first-order valence-corrected chi connectivity index (χ1v) is 10.3. The molecule has 0 unspecified atom stereocenters. The summed E-state index contributed by atoms with van der Waals surface area (Å²) in [5.41, 5.74) is 0.143. The molecule has 0 aliphatic carbocycles. The summed E-state index contributed by atoms with van der Waals surface area (Å²) in [7, 11) is -1.77. The minimum Gasteiger partial charge on any atom is -0.474 e. The molecule has 0 amide bonds. The zero-order valence-corrected chi connectivity index (χ0v) is 15.3. The second-order valence-corrected chi connectivity index (χ2v) is 11.2. The third kappa shape index (κ3) is 5.38. The molecule has 0 saturated carbocycles. The summed E-state index contributed by atoms with van der Waals surface area (Å²) < 4.78 is 16.4. The van der Waals surface area contributed by atoms with E-state index in [0.717, 1.165) is 0 Å². The van der Waals surface area contributed by atoms with E-state index >= 15 is 0 Å². The second-order valence-electron chi connectivity index (χ2n) is 6.42. The average Bonchev–Trinajstić information content (AvgIpc) is 2.43. The molecule has 1 aromatic rings. The van der Waals surface area contributed by atoms with Crippen molar-refractivity contribution in [2.24, 2.45) is 0 Å². The molecule has 0 aliphatic heterocycles. The standard InChI is InChI=1S/C15H26N2O4Si/c1-7-19-14(18)12-10-16-11-13(17-12)20-8-9-21-22(5,6)15(2,3)4/h10-11H,7-9H2,1-6H3. The molecule has 0 saturated heterocycles. The van der Waals surface area contributed by atoms with Crippen molar-refractivity contribution in [3.63, 3.8) is 0 Å². The molecule has 0 bridgehead atoms. The molecule has 0 radical (unpaired) electrons. The van der Waals surface area contributed by atoms with Crippen LogP contribution in [0.4, 0.5) is 0 Å². The Morgan fingerprint density at radius 3 is 2.50 bits per heavy atom. The van der Waals surface area contributed by atoms with Crippen molar-refractivity contribution in [1.82, 2.24) is 9.97 Å². The molecule has 22 heavy (non-hydrogen) atoms. The minimum atomic E-state index is -1.77. The highest BCUT2D eigenvalue weighted by molar-refractivity contribution is 6.74. The van der Waals surface area contributed by atoms with Crippen LogP contribution in [0.5, 0.6) is 5.88 Å². The first kappa shape index (κ1) is 18.6. The lowest BCUT2D eigenvalue weighted by atomic mass is 10.2. The van der Waals surface area contributed by atoms with Crippen molar-refractivity contribution >= 4 is 14.3 Å². The van der Waals surface area contributed by atoms with E-state index in [0.29, 0.717) is 25.7 Å². The molecule has 1 heterocycles. The molecule has 0 atom stereocenters. The van der Waals surface area contributed by atoms with Gasteiger partial charge in [0.05, 0.1) is 25.6 Å². The molecule has 1 aromatic heterocycles. The Morgan fingerprint density at radius 2 is 1.91 bits per heavy atom. The lowest BCUT2D eigenvalue weighted by Crippen LogP contribution is -2.41. The molecule has 1 rings (SSSR count). The van der Waals surface area contributed by atoms with Crippen LogP contribution in [0.15, 0.2) is 12.4 Å².